The van der Waals surface area contributed by atoms with Gasteiger partial charge in [-0.2, -0.15) is 9.97 Å². The van der Waals surface area contributed by atoms with Gasteiger partial charge in [-0.3, -0.25) is 9.80 Å². The summed E-state index contributed by atoms with van der Waals surface area (Å²) in [5.74, 6) is 1.77. The Labute approximate surface area is 314 Å². The summed E-state index contributed by atoms with van der Waals surface area (Å²) in [6.45, 7) is 10.4. The number of methoxy groups -OCH3 is 1. The number of amides is 1. The number of pyridine rings is 1. The largest absolute Gasteiger partial charge is 0.475 e. The van der Waals surface area contributed by atoms with E-state index in [-0.39, 0.29) is 42.6 Å². The molecule has 0 N–H and O–H groups in total. The number of piperazine rings is 1. The van der Waals surface area contributed by atoms with Crippen LogP contribution in [0.3, 0.4) is 0 Å². The fourth-order valence-corrected chi connectivity index (χ4v) is 9.68. The predicted molar refractivity (Wildman–Crippen MR) is 202 cm³/mol. The molecule has 13 heteroatoms. The second kappa shape index (κ2) is 13.4. The number of fused-ring (bicyclic) bond motifs is 7. The zero-order chi connectivity index (χ0) is 37.4. The van der Waals surface area contributed by atoms with E-state index < -0.39 is 11.8 Å². The van der Waals surface area contributed by atoms with E-state index in [1.165, 1.54) is 5.56 Å². The first-order valence-electron chi connectivity index (χ1n) is 19.4. The van der Waals surface area contributed by atoms with Crippen LogP contribution < -0.4 is 19.1 Å². The van der Waals surface area contributed by atoms with E-state index in [1.807, 2.05) is 43.9 Å². The molecule has 0 unspecified atom stereocenters. The first-order chi connectivity index (χ1) is 26.0. The van der Waals surface area contributed by atoms with Gasteiger partial charge in [-0.15, -0.1) is 0 Å². The quantitative estimate of drug-likeness (QED) is 0.180. The monoisotopic (exact) mass is 740 g/mol. The van der Waals surface area contributed by atoms with Crippen LogP contribution in [0.2, 0.25) is 0 Å². The number of hydrogen-bond acceptors (Lipinski definition) is 11. The predicted octanol–water partition coefficient (Wildman–Crippen LogP) is 6.69. The van der Waals surface area contributed by atoms with Crippen LogP contribution in [0, 0.1) is 0 Å². The number of benzene rings is 2. The van der Waals surface area contributed by atoms with Crippen molar-refractivity contribution in [2.75, 3.05) is 51.7 Å². The van der Waals surface area contributed by atoms with E-state index in [1.54, 1.807) is 7.11 Å². The van der Waals surface area contributed by atoms with Gasteiger partial charge in [0.1, 0.15) is 41.9 Å². The van der Waals surface area contributed by atoms with Crippen LogP contribution in [0.1, 0.15) is 65.4 Å². The standard InChI is InChI=1S/C41H49FN6O6/c1-6-24-9-7-10-25-15-28(53-23-50-5)16-29(34(24)25)30-17-31-35-36(45-38(44-31)52-22-41-13-8-14-46(41)19-26(42)18-41)47-20-27-11-12-32(33(47)21-51-37(35)43-30)48(27)39(49)54-40(2,3)4/h7,9-10,15-17,26-27,32-33H,6,8,11-14,18-23H2,1-5H3/t26-,27+,32-,33-,41+/m1/s1. The van der Waals surface area contributed by atoms with Crippen molar-refractivity contribution in [1.82, 2.24) is 24.8 Å². The lowest BCUT2D eigenvalue weighted by Crippen LogP contribution is -2.63. The molecule has 4 fully saturated rings. The lowest BCUT2D eigenvalue weighted by atomic mass is 9.95. The fraction of sp³-hybridized carbons (Fsp3) is 0.561. The van der Waals surface area contributed by atoms with Crippen LogP contribution >= 0.6 is 0 Å². The second-order valence-electron chi connectivity index (χ2n) is 16.5. The van der Waals surface area contributed by atoms with E-state index in [9.17, 15) is 9.18 Å². The molecule has 4 aromatic rings. The second-order valence-corrected chi connectivity index (χ2v) is 16.5. The van der Waals surface area contributed by atoms with Gasteiger partial charge >= 0.3 is 12.1 Å². The molecular weight excluding hydrogens is 691 g/mol. The number of rotatable bonds is 8. The van der Waals surface area contributed by atoms with Gasteiger partial charge in [0.2, 0.25) is 5.88 Å². The van der Waals surface area contributed by atoms with Crippen LogP contribution in [0.5, 0.6) is 17.6 Å². The molecule has 12 nitrogen and oxygen atoms in total. The van der Waals surface area contributed by atoms with Crippen LogP contribution in [-0.2, 0) is 15.9 Å². The molecule has 0 spiro atoms. The number of halogens is 1. The highest BCUT2D eigenvalue weighted by Crippen LogP contribution is 2.46. The van der Waals surface area contributed by atoms with Crippen molar-refractivity contribution in [1.29, 1.82) is 0 Å². The summed E-state index contributed by atoms with van der Waals surface area (Å²) >= 11 is 0. The molecule has 2 aromatic carbocycles. The topological polar surface area (TPSA) is 112 Å². The molecule has 2 bridgehead atoms. The van der Waals surface area contributed by atoms with Gasteiger partial charge in [-0.25, -0.2) is 14.2 Å². The molecule has 0 radical (unpaired) electrons. The van der Waals surface area contributed by atoms with Crippen molar-refractivity contribution in [3.8, 4) is 28.9 Å². The number of nitrogens with zero attached hydrogens (tertiary/aromatic N) is 6. The summed E-state index contributed by atoms with van der Waals surface area (Å²) < 4.78 is 45.1. The maximum atomic E-state index is 14.7. The third kappa shape index (κ3) is 6.03. The van der Waals surface area contributed by atoms with Crippen molar-refractivity contribution < 1.29 is 32.9 Å². The molecule has 1 amide bonds. The Balaban J connectivity index is 1.17. The van der Waals surface area contributed by atoms with Gasteiger partial charge < -0.3 is 28.6 Å². The SMILES string of the molecule is CCc1cccc2cc(OCOC)cc(-c3cc4nc(OC[C@@]56CCCN5C[C@H](F)C6)nc5c4c(n3)OC[C@@H]3[C@H]4CC[C@@H](CN53)N4C(=O)OC(C)(C)C)c12. The lowest BCUT2D eigenvalue weighted by molar-refractivity contribution is 0.00537. The van der Waals surface area contributed by atoms with Gasteiger partial charge in [-0.1, -0.05) is 25.1 Å². The molecule has 4 saturated heterocycles. The first-order valence-corrected chi connectivity index (χ1v) is 19.4. The summed E-state index contributed by atoms with van der Waals surface area (Å²) in [4.78, 5) is 35.4. The normalized spacial score (nSPS) is 26.1. The molecule has 9 rings (SSSR count). The van der Waals surface area contributed by atoms with E-state index >= 15 is 0 Å². The van der Waals surface area contributed by atoms with Crippen LogP contribution in [0.15, 0.2) is 36.4 Å². The summed E-state index contributed by atoms with van der Waals surface area (Å²) in [6.07, 6.45) is 3.69. The van der Waals surface area contributed by atoms with Crippen LogP contribution in [0.25, 0.3) is 32.9 Å². The molecule has 54 heavy (non-hydrogen) atoms. The minimum absolute atomic E-state index is 0.0520. The fourth-order valence-electron chi connectivity index (χ4n) is 9.68. The number of carbonyl (C=O) groups is 1. The molecule has 5 aliphatic heterocycles. The Morgan fingerprint density at radius 1 is 1.06 bits per heavy atom. The summed E-state index contributed by atoms with van der Waals surface area (Å²) in [5.41, 5.74) is 2.41. The highest BCUT2D eigenvalue weighted by Gasteiger charge is 2.52. The maximum absolute atomic E-state index is 14.7. The van der Waals surface area contributed by atoms with Crippen molar-refractivity contribution >= 4 is 33.6 Å². The van der Waals surface area contributed by atoms with E-state index in [0.29, 0.717) is 66.8 Å². The lowest BCUT2D eigenvalue weighted by Gasteiger charge is -2.46. The first kappa shape index (κ1) is 35.2. The van der Waals surface area contributed by atoms with Gasteiger partial charge in [0.15, 0.2) is 6.79 Å². The molecule has 0 aliphatic carbocycles. The van der Waals surface area contributed by atoms with Crippen LogP contribution in [-0.4, -0.2) is 113 Å². The number of hydrogen-bond donors (Lipinski definition) is 0. The number of carbonyl (C=O) groups excluding carboxylic acids is 1. The van der Waals surface area contributed by atoms with E-state index in [4.69, 9.17) is 38.6 Å². The molecule has 286 valence electrons. The van der Waals surface area contributed by atoms with Crippen LogP contribution in [0.4, 0.5) is 15.0 Å². The van der Waals surface area contributed by atoms with E-state index in [2.05, 4.69) is 34.9 Å². The third-order valence-corrected chi connectivity index (χ3v) is 11.9. The Bertz CT molecular complexity index is 2110. The van der Waals surface area contributed by atoms with Gasteiger partial charge in [0.05, 0.1) is 34.9 Å². The molecule has 0 saturated carbocycles. The molecule has 7 heterocycles. The van der Waals surface area contributed by atoms with Gasteiger partial charge in [-0.05, 0) is 94.0 Å². The van der Waals surface area contributed by atoms with Crippen molar-refractivity contribution in [2.45, 2.75) is 102 Å². The number of aromatic nitrogens is 3. The Hall–Kier alpha value is -4.49. The molecule has 5 atom stereocenters. The summed E-state index contributed by atoms with van der Waals surface area (Å²) in [6, 6.07) is 12.1. The third-order valence-electron chi connectivity index (χ3n) is 11.9. The summed E-state index contributed by atoms with van der Waals surface area (Å²) in [7, 11) is 1.60. The van der Waals surface area contributed by atoms with Gasteiger partial charge in [0.25, 0.3) is 0 Å². The van der Waals surface area contributed by atoms with Crippen molar-refractivity contribution in [3.05, 3.63) is 42.0 Å². The number of ether oxygens (including phenoxy) is 5. The highest BCUT2D eigenvalue weighted by molar-refractivity contribution is 6.03. The van der Waals surface area contributed by atoms with Gasteiger partial charge in [0, 0.05) is 32.2 Å². The molecular formula is C41H49FN6O6. The van der Waals surface area contributed by atoms with Crippen molar-refractivity contribution in [3.63, 3.8) is 0 Å². The maximum Gasteiger partial charge on any atom is 0.410 e. The smallest absolute Gasteiger partial charge is 0.410 e. The minimum Gasteiger partial charge on any atom is -0.475 e. The number of aryl methyl sites for hydroxylation is 1. The molecule has 5 aliphatic rings. The number of alkyl halides is 1. The molecule has 2 aromatic heterocycles. The summed E-state index contributed by atoms with van der Waals surface area (Å²) in [5, 5.41) is 2.81. The van der Waals surface area contributed by atoms with Crippen molar-refractivity contribution in [2.24, 2.45) is 0 Å². The average Bonchev–Trinajstić information content (AvgIpc) is 3.75. The Morgan fingerprint density at radius 3 is 2.74 bits per heavy atom. The van der Waals surface area contributed by atoms with E-state index in [0.717, 1.165) is 55.0 Å². The Morgan fingerprint density at radius 2 is 1.93 bits per heavy atom. The Kier molecular flexibility index (Phi) is 8.72. The minimum atomic E-state index is -0.867. The number of anilines is 1. The zero-order valence-electron chi connectivity index (χ0n) is 31.8. The highest BCUT2D eigenvalue weighted by atomic mass is 19.1. The average molecular weight is 741 g/mol. The zero-order valence-corrected chi connectivity index (χ0v) is 31.8.